The highest BCUT2D eigenvalue weighted by Crippen LogP contribution is 2.34. The first-order chi connectivity index (χ1) is 19.5. The van der Waals surface area contributed by atoms with Crippen LogP contribution in [0.4, 0.5) is 0 Å². The molecule has 41 heavy (non-hydrogen) atoms. The normalized spacial score (nSPS) is 11.7. The molecule has 3 aromatic carbocycles. The number of phenolic OH excluding ortho intramolecular Hbond substituents is 1. The summed E-state index contributed by atoms with van der Waals surface area (Å²) in [7, 11) is 0. The highest BCUT2D eigenvalue weighted by Gasteiger charge is 2.19. The van der Waals surface area contributed by atoms with Gasteiger partial charge in [0.05, 0.1) is 5.56 Å². The van der Waals surface area contributed by atoms with Crippen molar-refractivity contribution >= 4 is 11.7 Å². The second-order valence-electron chi connectivity index (χ2n) is 10.1. The summed E-state index contributed by atoms with van der Waals surface area (Å²) in [5, 5.41) is 22.4. The minimum Gasteiger partial charge on any atom is -0.507 e. The third kappa shape index (κ3) is 7.12. The number of aromatic hydroxyl groups is 1. The summed E-state index contributed by atoms with van der Waals surface area (Å²) in [6, 6.07) is 16.8. The molecule has 0 aliphatic carbocycles. The van der Waals surface area contributed by atoms with Gasteiger partial charge in [-0.15, -0.1) is 0 Å². The van der Waals surface area contributed by atoms with Crippen LogP contribution in [0.1, 0.15) is 35.6 Å². The van der Waals surface area contributed by atoms with Gasteiger partial charge < -0.3 is 20.3 Å². The van der Waals surface area contributed by atoms with Crippen molar-refractivity contribution in [1.29, 1.82) is 0 Å². The number of Topliss-reactive ketones (excluding diaryl/α,β-unsaturated/α-hetero) is 1. The molecule has 1 aromatic heterocycles. The zero-order chi connectivity index (χ0) is 29.7. The van der Waals surface area contributed by atoms with Crippen molar-refractivity contribution in [2.75, 3.05) is 13.2 Å². The van der Waals surface area contributed by atoms with E-state index in [4.69, 9.17) is 24.8 Å². The molecule has 212 valence electrons. The van der Waals surface area contributed by atoms with Crippen molar-refractivity contribution in [2.24, 2.45) is 0 Å². The number of aliphatic hydroxyl groups is 1. The van der Waals surface area contributed by atoms with Crippen LogP contribution in [-0.2, 0) is 9.59 Å². The summed E-state index contributed by atoms with van der Waals surface area (Å²) in [6.45, 7) is 9.17. The molecular formula is C32H34N4O5. The molecule has 4 aromatic rings. The molecule has 0 fully saturated rings. The van der Waals surface area contributed by atoms with E-state index in [0.29, 0.717) is 23.0 Å². The Bertz CT molecular complexity index is 1530. The van der Waals surface area contributed by atoms with Crippen LogP contribution in [0.5, 0.6) is 11.5 Å². The molecule has 0 aliphatic heterocycles. The Hall–Kier alpha value is -4.63. The van der Waals surface area contributed by atoms with E-state index >= 15 is 0 Å². The number of nitrogens with zero attached hydrogens (tertiary/aromatic N) is 3. The molecule has 0 saturated heterocycles. The number of hydrogen-bond donors (Lipinski definition) is 3. The molecule has 1 amide bonds. The predicted molar refractivity (Wildman–Crippen MR) is 157 cm³/mol. The standard InChI is InChI=1S/C32H34N4O5/c1-18-6-9-25(20(3)14-18)29-34-30(26-10-7-19(2)15-21(26)4)36-31(35-29)27-11-8-24(16-28(27)39)41-22(5)32(40)33-13-12-23(38)17-37/h6-11,14-16,22,37,39H,12-13,17H2,1-5H3,(H,33,40). The molecule has 9 heteroatoms. The molecule has 1 heterocycles. The molecule has 1 unspecified atom stereocenters. The quantitative estimate of drug-likeness (QED) is 0.258. The van der Waals surface area contributed by atoms with Gasteiger partial charge >= 0.3 is 0 Å². The number of ketones is 1. The number of aliphatic hydroxyl groups excluding tert-OH is 1. The lowest BCUT2D eigenvalue weighted by Crippen LogP contribution is -2.37. The average molecular weight is 555 g/mol. The number of phenols is 1. The van der Waals surface area contributed by atoms with Crippen LogP contribution in [0.15, 0.2) is 54.6 Å². The topological polar surface area (TPSA) is 135 Å². The van der Waals surface area contributed by atoms with Gasteiger partial charge in [-0.1, -0.05) is 47.5 Å². The van der Waals surface area contributed by atoms with Gasteiger partial charge in [0.15, 0.2) is 29.4 Å². The number of nitrogens with one attached hydrogen (secondary N) is 1. The lowest BCUT2D eigenvalue weighted by atomic mass is 10.0. The molecule has 0 bridgehead atoms. The number of carbonyl (C=O) groups excluding carboxylic acids is 2. The van der Waals surface area contributed by atoms with Crippen LogP contribution in [0.2, 0.25) is 0 Å². The van der Waals surface area contributed by atoms with Crippen LogP contribution in [-0.4, -0.2) is 56.1 Å². The summed E-state index contributed by atoms with van der Waals surface area (Å²) in [4.78, 5) is 37.9. The zero-order valence-electron chi connectivity index (χ0n) is 23.9. The monoisotopic (exact) mass is 554 g/mol. The maximum Gasteiger partial charge on any atom is 0.260 e. The smallest absolute Gasteiger partial charge is 0.260 e. The summed E-state index contributed by atoms with van der Waals surface area (Å²) in [6.07, 6.45) is -0.848. The molecular weight excluding hydrogens is 520 g/mol. The van der Waals surface area contributed by atoms with Crippen molar-refractivity contribution < 1.29 is 24.5 Å². The second kappa shape index (κ2) is 12.7. The summed E-state index contributed by atoms with van der Waals surface area (Å²) >= 11 is 0. The molecule has 4 rings (SSSR count). The Kier molecular flexibility index (Phi) is 9.09. The zero-order valence-corrected chi connectivity index (χ0v) is 23.9. The van der Waals surface area contributed by atoms with Gasteiger partial charge in [0.25, 0.3) is 5.91 Å². The number of amides is 1. The number of rotatable bonds is 10. The maximum atomic E-state index is 12.3. The van der Waals surface area contributed by atoms with E-state index in [9.17, 15) is 14.7 Å². The number of benzene rings is 3. The van der Waals surface area contributed by atoms with E-state index in [1.807, 2.05) is 52.0 Å². The third-order valence-corrected chi connectivity index (χ3v) is 6.65. The van der Waals surface area contributed by atoms with Crippen molar-refractivity contribution in [3.05, 3.63) is 76.9 Å². The van der Waals surface area contributed by atoms with E-state index < -0.39 is 18.6 Å². The number of ether oxygens (including phenoxy) is 1. The fourth-order valence-corrected chi connectivity index (χ4v) is 4.45. The number of aromatic nitrogens is 3. The molecule has 1 atom stereocenters. The first-order valence-corrected chi connectivity index (χ1v) is 13.4. The average Bonchev–Trinajstić information content (AvgIpc) is 2.92. The Labute approximate surface area is 239 Å². The SMILES string of the molecule is Cc1ccc(-c2nc(-c3ccc(C)cc3C)nc(-c3ccc(OC(C)C(=O)NCCC(=O)CO)cc3O)n2)c(C)c1. The summed E-state index contributed by atoms with van der Waals surface area (Å²) < 4.78 is 5.71. The Morgan fingerprint density at radius 1 is 0.805 bits per heavy atom. The van der Waals surface area contributed by atoms with Crippen LogP contribution in [0.25, 0.3) is 34.2 Å². The van der Waals surface area contributed by atoms with Gasteiger partial charge in [0.2, 0.25) is 0 Å². The Morgan fingerprint density at radius 2 is 1.32 bits per heavy atom. The first-order valence-electron chi connectivity index (χ1n) is 13.4. The second-order valence-corrected chi connectivity index (χ2v) is 10.1. The van der Waals surface area contributed by atoms with Gasteiger partial charge in [-0.3, -0.25) is 9.59 Å². The predicted octanol–water partition coefficient (Wildman–Crippen LogP) is 4.65. The third-order valence-electron chi connectivity index (χ3n) is 6.65. The molecule has 0 aliphatic rings. The van der Waals surface area contributed by atoms with Crippen LogP contribution in [0, 0.1) is 27.7 Å². The van der Waals surface area contributed by atoms with Gasteiger partial charge in [-0.2, -0.15) is 0 Å². The van der Waals surface area contributed by atoms with E-state index in [-0.39, 0.29) is 30.2 Å². The Balaban J connectivity index is 1.67. The van der Waals surface area contributed by atoms with Gasteiger partial charge in [0.1, 0.15) is 18.1 Å². The van der Waals surface area contributed by atoms with Gasteiger partial charge in [-0.25, -0.2) is 15.0 Å². The van der Waals surface area contributed by atoms with E-state index in [1.54, 1.807) is 19.1 Å². The fraction of sp³-hybridized carbons (Fsp3) is 0.281. The minimum absolute atomic E-state index is 0.0323. The minimum atomic E-state index is -0.881. The molecule has 0 saturated carbocycles. The number of hydrogen-bond acceptors (Lipinski definition) is 8. The maximum absolute atomic E-state index is 12.3. The lowest BCUT2D eigenvalue weighted by molar-refractivity contribution is -0.127. The van der Waals surface area contributed by atoms with Gasteiger partial charge in [0, 0.05) is 30.2 Å². The molecule has 3 N–H and O–H groups in total. The highest BCUT2D eigenvalue weighted by molar-refractivity contribution is 5.83. The Morgan fingerprint density at radius 3 is 1.80 bits per heavy atom. The summed E-state index contributed by atoms with van der Waals surface area (Å²) in [5.41, 5.74) is 6.42. The molecule has 9 nitrogen and oxygen atoms in total. The lowest BCUT2D eigenvalue weighted by Gasteiger charge is -2.16. The van der Waals surface area contributed by atoms with Crippen molar-refractivity contribution in [3.63, 3.8) is 0 Å². The van der Waals surface area contributed by atoms with Crippen LogP contribution >= 0.6 is 0 Å². The van der Waals surface area contributed by atoms with Crippen molar-refractivity contribution in [1.82, 2.24) is 20.3 Å². The molecule has 0 radical (unpaired) electrons. The van der Waals surface area contributed by atoms with E-state index in [2.05, 4.69) is 17.4 Å². The largest absolute Gasteiger partial charge is 0.507 e. The first kappa shape index (κ1) is 29.4. The van der Waals surface area contributed by atoms with E-state index in [1.165, 1.54) is 6.07 Å². The summed E-state index contributed by atoms with van der Waals surface area (Å²) in [5.74, 6) is 0.659. The number of aryl methyl sites for hydroxylation is 4. The van der Waals surface area contributed by atoms with E-state index in [0.717, 1.165) is 33.4 Å². The van der Waals surface area contributed by atoms with Crippen LogP contribution < -0.4 is 10.1 Å². The van der Waals surface area contributed by atoms with Crippen molar-refractivity contribution in [3.8, 4) is 45.7 Å². The van der Waals surface area contributed by atoms with Gasteiger partial charge in [-0.05, 0) is 57.9 Å². The number of carbonyl (C=O) groups is 2. The highest BCUT2D eigenvalue weighted by atomic mass is 16.5. The fourth-order valence-electron chi connectivity index (χ4n) is 4.45. The van der Waals surface area contributed by atoms with Crippen LogP contribution in [0.3, 0.4) is 0 Å². The van der Waals surface area contributed by atoms with Crippen molar-refractivity contribution in [2.45, 2.75) is 47.1 Å². The molecule has 0 spiro atoms.